The van der Waals surface area contributed by atoms with Crippen molar-refractivity contribution in [3.05, 3.63) is 60.0 Å². The van der Waals surface area contributed by atoms with Gasteiger partial charge in [0.1, 0.15) is 5.75 Å². The number of nitrogens with zero attached hydrogens (tertiary/aromatic N) is 4. The second-order valence-corrected chi connectivity index (χ2v) is 8.81. The maximum atomic E-state index is 12.7. The highest BCUT2D eigenvalue weighted by Gasteiger charge is 2.22. The van der Waals surface area contributed by atoms with Gasteiger partial charge in [-0.1, -0.05) is 30.3 Å². The van der Waals surface area contributed by atoms with Crippen molar-refractivity contribution in [2.75, 3.05) is 45.2 Å². The lowest BCUT2D eigenvalue weighted by Gasteiger charge is -2.34. The van der Waals surface area contributed by atoms with Crippen LogP contribution in [-0.2, 0) is 22.4 Å². The van der Waals surface area contributed by atoms with Crippen LogP contribution in [0, 0.1) is 0 Å². The van der Waals surface area contributed by atoms with Crippen LogP contribution in [0.15, 0.2) is 53.1 Å². The number of piperazine rings is 1. The summed E-state index contributed by atoms with van der Waals surface area (Å²) in [5.41, 5.74) is 2.85. The number of para-hydroxylation sites is 1. The lowest BCUT2D eigenvalue weighted by atomic mass is 10.1. The van der Waals surface area contributed by atoms with Gasteiger partial charge in [-0.25, -0.2) is 0 Å². The van der Waals surface area contributed by atoms with E-state index in [1.807, 2.05) is 53.4 Å². The fourth-order valence-electron chi connectivity index (χ4n) is 4.26. The Hall–Kier alpha value is -3.72. The summed E-state index contributed by atoms with van der Waals surface area (Å²) >= 11 is 0. The first-order chi connectivity index (χ1) is 17.6. The summed E-state index contributed by atoms with van der Waals surface area (Å²) in [6, 6.07) is 15.3. The van der Waals surface area contributed by atoms with E-state index < -0.39 is 0 Å². The van der Waals surface area contributed by atoms with Crippen molar-refractivity contribution >= 4 is 17.5 Å². The third kappa shape index (κ3) is 6.69. The first-order valence-electron chi connectivity index (χ1n) is 12.4. The number of carbonyl (C=O) groups is 2. The van der Waals surface area contributed by atoms with Crippen LogP contribution in [0.4, 0.5) is 5.69 Å². The molecule has 0 bridgehead atoms. The fourth-order valence-corrected chi connectivity index (χ4v) is 4.26. The van der Waals surface area contributed by atoms with Gasteiger partial charge in [-0.15, -0.1) is 0 Å². The molecule has 190 valence electrons. The SMILES string of the molecule is CCc1ccccc1NC(=O)CN1CCN(C(=O)CCCc2nc(-c3ccc(OC)cc3)no2)CC1. The van der Waals surface area contributed by atoms with Gasteiger partial charge in [-0.05, 0) is 48.7 Å². The number of ether oxygens (including phenoxy) is 1. The predicted octanol–water partition coefficient (Wildman–Crippen LogP) is 3.41. The molecular formula is C27H33N5O4. The van der Waals surface area contributed by atoms with Gasteiger partial charge in [0.05, 0.1) is 13.7 Å². The molecule has 0 spiro atoms. The largest absolute Gasteiger partial charge is 0.497 e. The summed E-state index contributed by atoms with van der Waals surface area (Å²) < 4.78 is 10.5. The monoisotopic (exact) mass is 491 g/mol. The van der Waals surface area contributed by atoms with Gasteiger partial charge in [-0.3, -0.25) is 14.5 Å². The molecular weight excluding hydrogens is 458 g/mol. The number of carbonyl (C=O) groups excluding carboxylic acids is 2. The first-order valence-corrected chi connectivity index (χ1v) is 12.4. The molecule has 0 unspecified atom stereocenters. The Morgan fingerprint density at radius 2 is 1.81 bits per heavy atom. The molecule has 9 heteroatoms. The van der Waals surface area contributed by atoms with Crippen molar-refractivity contribution in [1.82, 2.24) is 19.9 Å². The van der Waals surface area contributed by atoms with Crippen LogP contribution in [0.2, 0.25) is 0 Å². The second kappa shape index (κ2) is 12.3. The molecule has 1 aromatic heterocycles. The van der Waals surface area contributed by atoms with Gasteiger partial charge in [-0.2, -0.15) is 4.98 Å². The van der Waals surface area contributed by atoms with E-state index in [2.05, 4.69) is 27.3 Å². The maximum absolute atomic E-state index is 12.7. The Kier molecular flexibility index (Phi) is 8.67. The minimum Gasteiger partial charge on any atom is -0.497 e. The topological polar surface area (TPSA) is 101 Å². The molecule has 4 rings (SSSR count). The zero-order chi connectivity index (χ0) is 25.3. The summed E-state index contributed by atoms with van der Waals surface area (Å²) in [4.78, 5) is 33.6. The minimum absolute atomic E-state index is 0.0238. The van der Waals surface area contributed by atoms with Gasteiger partial charge >= 0.3 is 0 Å². The number of hydrogen-bond donors (Lipinski definition) is 1. The van der Waals surface area contributed by atoms with E-state index in [1.165, 1.54) is 0 Å². The van der Waals surface area contributed by atoms with Crippen LogP contribution in [0.5, 0.6) is 5.75 Å². The molecule has 1 fully saturated rings. The molecule has 1 saturated heterocycles. The van der Waals surface area contributed by atoms with Gasteiger partial charge in [0.25, 0.3) is 0 Å². The van der Waals surface area contributed by atoms with Crippen LogP contribution in [0.1, 0.15) is 31.2 Å². The summed E-state index contributed by atoms with van der Waals surface area (Å²) in [6.07, 6.45) is 2.49. The van der Waals surface area contributed by atoms with Crippen LogP contribution in [0.25, 0.3) is 11.4 Å². The Balaban J connectivity index is 1.16. The lowest BCUT2D eigenvalue weighted by molar-refractivity contribution is -0.133. The number of rotatable bonds is 10. The number of aryl methyl sites for hydroxylation is 2. The number of benzene rings is 2. The number of amides is 2. The number of anilines is 1. The molecule has 1 aliphatic heterocycles. The molecule has 0 atom stereocenters. The number of aromatic nitrogens is 2. The first kappa shape index (κ1) is 25.4. The Morgan fingerprint density at radius 1 is 1.06 bits per heavy atom. The molecule has 2 heterocycles. The van der Waals surface area contributed by atoms with E-state index in [-0.39, 0.29) is 11.8 Å². The third-order valence-electron chi connectivity index (χ3n) is 6.36. The molecule has 2 amide bonds. The molecule has 36 heavy (non-hydrogen) atoms. The van der Waals surface area contributed by atoms with E-state index in [1.54, 1.807) is 7.11 Å². The highest BCUT2D eigenvalue weighted by Crippen LogP contribution is 2.20. The van der Waals surface area contributed by atoms with Crippen LogP contribution in [-0.4, -0.2) is 71.6 Å². The van der Waals surface area contributed by atoms with Gasteiger partial charge in [0, 0.05) is 50.3 Å². The average molecular weight is 492 g/mol. The zero-order valence-corrected chi connectivity index (χ0v) is 20.9. The van der Waals surface area contributed by atoms with Crippen LogP contribution in [0.3, 0.4) is 0 Å². The van der Waals surface area contributed by atoms with E-state index in [9.17, 15) is 9.59 Å². The van der Waals surface area contributed by atoms with E-state index in [0.717, 1.165) is 29.0 Å². The number of nitrogens with one attached hydrogen (secondary N) is 1. The van der Waals surface area contributed by atoms with Crippen molar-refractivity contribution in [3.8, 4) is 17.1 Å². The zero-order valence-electron chi connectivity index (χ0n) is 20.9. The quantitative estimate of drug-likeness (QED) is 0.464. The normalized spacial score (nSPS) is 14.0. The Morgan fingerprint density at radius 3 is 2.53 bits per heavy atom. The Labute approximate surface area is 211 Å². The Bertz CT molecular complexity index is 1150. The van der Waals surface area contributed by atoms with Gasteiger partial charge in [0.15, 0.2) is 0 Å². The van der Waals surface area contributed by atoms with Crippen molar-refractivity contribution in [1.29, 1.82) is 0 Å². The number of methoxy groups -OCH3 is 1. The molecule has 1 aliphatic rings. The van der Waals surface area contributed by atoms with Crippen molar-refractivity contribution in [2.45, 2.75) is 32.6 Å². The third-order valence-corrected chi connectivity index (χ3v) is 6.36. The van der Waals surface area contributed by atoms with Gasteiger partial charge < -0.3 is 19.5 Å². The van der Waals surface area contributed by atoms with E-state index in [0.29, 0.717) is 63.7 Å². The summed E-state index contributed by atoms with van der Waals surface area (Å²) in [5.74, 6) is 1.91. The highest BCUT2D eigenvalue weighted by molar-refractivity contribution is 5.93. The van der Waals surface area contributed by atoms with Crippen LogP contribution < -0.4 is 10.1 Å². The highest BCUT2D eigenvalue weighted by atomic mass is 16.5. The average Bonchev–Trinajstić information content (AvgIpc) is 3.38. The van der Waals surface area contributed by atoms with Crippen molar-refractivity contribution in [3.63, 3.8) is 0 Å². The van der Waals surface area contributed by atoms with Crippen molar-refractivity contribution < 1.29 is 18.8 Å². The van der Waals surface area contributed by atoms with Crippen molar-refractivity contribution in [2.24, 2.45) is 0 Å². The van der Waals surface area contributed by atoms with E-state index >= 15 is 0 Å². The summed E-state index contributed by atoms with van der Waals surface area (Å²) in [5, 5.41) is 7.05. The summed E-state index contributed by atoms with van der Waals surface area (Å²) in [7, 11) is 1.62. The fraction of sp³-hybridized carbons (Fsp3) is 0.407. The molecule has 0 radical (unpaired) electrons. The lowest BCUT2D eigenvalue weighted by Crippen LogP contribution is -2.50. The second-order valence-electron chi connectivity index (χ2n) is 8.81. The molecule has 2 aromatic carbocycles. The maximum Gasteiger partial charge on any atom is 0.238 e. The molecule has 1 N–H and O–H groups in total. The number of hydrogen-bond acceptors (Lipinski definition) is 7. The standard InChI is InChI=1S/C27H33N5O4/c1-3-20-7-4-5-8-23(20)28-24(33)19-31-15-17-32(18-16-31)26(34)10-6-9-25-29-27(30-36-25)21-11-13-22(35-2)14-12-21/h4-5,7-8,11-14H,3,6,9-10,15-19H2,1-2H3,(H,28,33). The minimum atomic E-state index is -0.0238. The summed E-state index contributed by atoms with van der Waals surface area (Å²) in [6.45, 7) is 5.02. The smallest absolute Gasteiger partial charge is 0.238 e. The van der Waals surface area contributed by atoms with Crippen LogP contribution >= 0.6 is 0 Å². The van der Waals surface area contributed by atoms with Gasteiger partial charge in [0.2, 0.25) is 23.5 Å². The van der Waals surface area contributed by atoms with E-state index in [4.69, 9.17) is 9.26 Å². The molecule has 3 aromatic rings. The molecule has 0 aliphatic carbocycles. The molecule has 0 saturated carbocycles. The predicted molar refractivity (Wildman–Crippen MR) is 137 cm³/mol. The molecule has 9 nitrogen and oxygen atoms in total.